The number of hydrogen-bond donors (Lipinski definition) is 2. The van der Waals surface area contributed by atoms with Gasteiger partial charge in [0.2, 0.25) is 11.8 Å². The van der Waals surface area contributed by atoms with Gasteiger partial charge in [-0.1, -0.05) is 59.6 Å². The van der Waals surface area contributed by atoms with Crippen LogP contribution in [0.25, 0.3) is 11.5 Å². The molecule has 0 aliphatic carbocycles. The fourth-order valence-electron chi connectivity index (χ4n) is 2.93. The lowest BCUT2D eigenvalue weighted by Gasteiger charge is -2.16. The van der Waals surface area contributed by atoms with Crippen molar-refractivity contribution in [2.24, 2.45) is 0 Å². The Hall–Kier alpha value is -3.64. The predicted molar refractivity (Wildman–Crippen MR) is 116 cm³/mol. The molecule has 7 heteroatoms. The van der Waals surface area contributed by atoms with Crippen LogP contribution in [-0.4, -0.2) is 16.2 Å². The van der Waals surface area contributed by atoms with E-state index in [2.05, 4.69) is 20.8 Å². The Labute approximate surface area is 178 Å². The molecule has 150 valence electrons. The van der Waals surface area contributed by atoms with Crippen LogP contribution in [0.15, 0.2) is 83.3 Å². The zero-order chi connectivity index (χ0) is 20.9. The highest BCUT2D eigenvalue weighted by Crippen LogP contribution is 2.26. The fraction of sp³-hybridized carbons (Fsp3) is 0.0870. The molecule has 0 aliphatic rings. The van der Waals surface area contributed by atoms with Gasteiger partial charge in [-0.05, 0) is 48.9 Å². The maximum Gasteiger partial charge on any atom is 0.320 e. The highest BCUT2D eigenvalue weighted by molar-refractivity contribution is 6.30. The monoisotopic (exact) mass is 418 g/mol. The summed E-state index contributed by atoms with van der Waals surface area (Å²) in [5.41, 5.74) is 3.36. The highest BCUT2D eigenvalue weighted by atomic mass is 35.5. The number of anilines is 1. The van der Waals surface area contributed by atoms with Crippen LogP contribution in [0.2, 0.25) is 5.02 Å². The zero-order valence-electron chi connectivity index (χ0n) is 16.2. The summed E-state index contributed by atoms with van der Waals surface area (Å²) in [5.74, 6) is 0.653. The summed E-state index contributed by atoms with van der Waals surface area (Å²) in [5, 5.41) is 14.6. The maximum atomic E-state index is 12.7. The van der Waals surface area contributed by atoms with Gasteiger partial charge in [0.1, 0.15) is 6.04 Å². The lowest BCUT2D eigenvalue weighted by Crippen LogP contribution is -2.33. The van der Waals surface area contributed by atoms with Crippen molar-refractivity contribution in [1.82, 2.24) is 15.5 Å². The Morgan fingerprint density at radius 1 is 0.933 bits per heavy atom. The minimum atomic E-state index is -0.641. The standard InChI is InChI=1S/C23H19ClN4O2/c1-15-7-13-19(14-8-15)25-23(29)26-20(16-9-11-18(24)12-10-16)22-28-27-21(30-22)17-5-3-2-4-6-17/h2-14,20H,1H3,(H2,25,26,29)/t20-/m1/s1. The topological polar surface area (TPSA) is 80.0 Å². The number of aromatic nitrogens is 2. The van der Waals surface area contributed by atoms with E-state index in [1.165, 1.54) is 0 Å². The molecule has 6 nitrogen and oxygen atoms in total. The van der Waals surface area contributed by atoms with Gasteiger partial charge in [0.25, 0.3) is 0 Å². The molecule has 4 aromatic rings. The number of urea groups is 1. The van der Waals surface area contributed by atoms with Gasteiger partial charge in [0.15, 0.2) is 0 Å². The van der Waals surface area contributed by atoms with Gasteiger partial charge in [-0.25, -0.2) is 4.79 Å². The lowest BCUT2D eigenvalue weighted by atomic mass is 10.1. The first-order valence-electron chi connectivity index (χ1n) is 9.37. The summed E-state index contributed by atoms with van der Waals surface area (Å²) in [4.78, 5) is 12.7. The molecule has 0 saturated carbocycles. The number of carbonyl (C=O) groups excluding carboxylic acids is 1. The molecule has 0 unspecified atom stereocenters. The molecule has 30 heavy (non-hydrogen) atoms. The van der Waals surface area contributed by atoms with Gasteiger partial charge >= 0.3 is 6.03 Å². The summed E-state index contributed by atoms with van der Waals surface area (Å²) in [7, 11) is 0. The van der Waals surface area contributed by atoms with Crippen molar-refractivity contribution in [1.29, 1.82) is 0 Å². The summed E-state index contributed by atoms with van der Waals surface area (Å²) in [6.45, 7) is 1.99. The number of nitrogens with one attached hydrogen (secondary N) is 2. The first-order chi connectivity index (χ1) is 14.6. The van der Waals surface area contributed by atoms with Crippen molar-refractivity contribution in [3.63, 3.8) is 0 Å². The number of hydrogen-bond acceptors (Lipinski definition) is 4. The van der Waals surface area contributed by atoms with Crippen LogP contribution < -0.4 is 10.6 Å². The van der Waals surface area contributed by atoms with Crippen LogP contribution in [0.3, 0.4) is 0 Å². The third kappa shape index (κ3) is 4.67. The number of rotatable bonds is 5. The lowest BCUT2D eigenvalue weighted by molar-refractivity contribution is 0.248. The van der Waals surface area contributed by atoms with Crippen molar-refractivity contribution < 1.29 is 9.21 Å². The van der Waals surface area contributed by atoms with E-state index >= 15 is 0 Å². The quantitative estimate of drug-likeness (QED) is 0.441. The van der Waals surface area contributed by atoms with E-state index in [0.29, 0.717) is 16.6 Å². The van der Waals surface area contributed by atoms with E-state index in [9.17, 15) is 4.79 Å². The van der Waals surface area contributed by atoms with Gasteiger partial charge in [0, 0.05) is 16.3 Å². The van der Waals surface area contributed by atoms with Gasteiger partial charge in [-0.2, -0.15) is 0 Å². The molecule has 0 bridgehead atoms. The van der Waals surface area contributed by atoms with Crippen LogP contribution in [0.1, 0.15) is 23.1 Å². The molecule has 0 aliphatic heterocycles. The van der Waals surface area contributed by atoms with Crippen molar-refractivity contribution in [2.75, 3.05) is 5.32 Å². The molecule has 0 radical (unpaired) electrons. The summed E-state index contributed by atoms with van der Waals surface area (Å²) < 4.78 is 5.89. The highest BCUT2D eigenvalue weighted by Gasteiger charge is 2.23. The van der Waals surface area contributed by atoms with Gasteiger partial charge in [0.05, 0.1) is 0 Å². The summed E-state index contributed by atoms with van der Waals surface area (Å²) >= 11 is 6.02. The van der Waals surface area contributed by atoms with Gasteiger partial charge in [-0.15, -0.1) is 10.2 Å². The molecule has 2 amide bonds. The number of benzene rings is 3. The minimum Gasteiger partial charge on any atom is -0.418 e. The van der Waals surface area contributed by atoms with Gasteiger partial charge < -0.3 is 15.1 Å². The molecule has 0 saturated heterocycles. The molecule has 4 rings (SSSR count). The third-order valence-corrected chi connectivity index (χ3v) is 4.75. The smallest absolute Gasteiger partial charge is 0.320 e. The molecule has 1 aromatic heterocycles. The van der Waals surface area contributed by atoms with E-state index in [0.717, 1.165) is 16.7 Å². The SMILES string of the molecule is Cc1ccc(NC(=O)N[C@H](c2ccc(Cl)cc2)c2nnc(-c3ccccc3)o2)cc1. The summed E-state index contributed by atoms with van der Waals surface area (Å²) in [6, 6.07) is 23.1. The number of halogens is 1. The molecular formula is C23H19ClN4O2. The first-order valence-corrected chi connectivity index (χ1v) is 9.75. The van der Waals surface area contributed by atoms with Crippen LogP contribution in [0.4, 0.5) is 10.5 Å². The number of aryl methyl sites for hydroxylation is 1. The molecular weight excluding hydrogens is 400 g/mol. The van der Waals surface area contributed by atoms with Crippen molar-refractivity contribution in [3.8, 4) is 11.5 Å². The van der Waals surface area contributed by atoms with Crippen LogP contribution in [0, 0.1) is 6.92 Å². The second-order valence-electron chi connectivity index (χ2n) is 6.76. The van der Waals surface area contributed by atoms with Crippen LogP contribution in [0.5, 0.6) is 0 Å². The van der Waals surface area contributed by atoms with Crippen LogP contribution >= 0.6 is 11.6 Å². The van der Waals surface area contributed by atoms with Crippen molar-refractivity contribution in [3.05, 3.63) is 101 Å². The minimum absolute atomic E-state index is 0.273. The number of carbonyl (C=O) groups is 1. The normalized spacial score (nSPS) is 11.7. The largest absolute Gasteiger partial charge is 0.418 e. The van der Waals surface area contributed by atoms with E-state index < -0.39 is 12.1 Å². The average Bonchev–Trinajstić information content (AvgIpc) is 3.25. The molecule has 3 aromatic carbocycles. The Morgan fingerprint density at radius 2 is 1.63 bits per heavy atom. The van der Waals surface area contributed by atoms with E-state index in [1.807, 2.05) is 73.7 Å². The average molecular weight is 419 g/mol. The Bertz CT molecular complexity index is 1130. The van der Waals surface area contributed by atoms with E-state index in [4.69, 9.17) is 16.0 Å². The molecule has 1 heterocycles. The number of amides is 2. The van der Waals surface area contributed by atoms with E-state index in [1.54, 1.807) is 12.1 Å². The molecule has 0 fully saturated rings. The zero-order valence-corrected chi connectivity index (χ0v) is 16.9. The fourth-order valence-corrected chi connectivity index (χ4v) is 3.05. The first kappa shape index (κ1) is 19.7. The molecule has 2 N–H and O–H groups in total. The second-order valence-corrected chi connectivity index (χ2v) is 7.20. The Kier molecular flexibility index (Phi) is 5.77. The predicted octanol–water partition coefficient (Wildman–Crippen LogP) is 5.61. The Morgan fingerprint density at radius 3 is 2.33 bits per heavy atom. The van der Waals surface area contributed by atoms with Gasteiger partial charge in [-0.3, -0.25) is 0 Å². The maximum absolute atomic E-state index is 12.7. The van der Waals surface area contributed by atoms with Crippen LogP contribution in [-0.2, 0) is 0 Å². The van der Waals surface area contributed by atoms with Crippen molar-refractivity contribution in [2.45, 2.75) is 13.0 Å². The molecule has 0 spiro atoms. The summed E-state index contributed by atoms with van der Waals surface area (Å²) in [6.07, 6.45) is 0. The third-order valence-electron chi connectivity index (χ3n) is 4.50. The van der Waals surface area contributed by atoms with Crippen molar-refractivity contribution >= 4 is 23.3 Å². The molecule has 1 atom stereocenters. The van der Waals surface area contributed by atoms with E-state index in [-0.39, 0.29) is 5.89 Å². The Balaban J connectivity index is 1.60. The second kappa shape index (κ2) is 8.80. The number of nitrogens with zero attached hydrogens (tertiary/aromatic N) is 2.